The monoisotopic (exact) mass is 365 g/mol. The van der Waals surface area contributed by atoms with Crippen molar-refractivity contribution in [2.75, 3.05) is 0 Å². The van der Waals surface area contributed by atoms with Gasteiger partial charge >= 0.3 is 0 Å². The maximum absolute atomic E-state index is 10.9. The van der Waals surface area contributed by atoms with Crippen molar-refractivity contribution in [1.82, 2.24) is 5.32 Å². The van der Waals surface area contributed by atoms with E-state index in [9.17, 15) is 4.79 Å². The molecule has 0 aromatic rings. The molecular formula is C6H9I2NO. The van der Waals surface area contributed by atoms with Crippen LogP contribution in [0, 0.1) is 0 Å². The lowest BCUT2D eigenvalue weighted by molar-refractivity contribution is -0.123. The van der Waals surface area contributed by atoms with Gasteiger partial charge in [-0.3, -0.25) is 4.79 Å². The number of rotatable bonds is 1. The molecule has 1 aliphatic rings. The maximum Gasteiger partial charge on any atom is 0.220 e. The van der Waals surface area contributed by atoms with Gasteiger partial charge in [0.25, 0.3) is 0 Å². The Balaban J connectivity index is 2.39. The minimum absolute atomic E-state index is 0.217. The lowest BCUT2D eigenvalue weighted by atomic mass is 10.1. The number of amides is 1. The first kappa shape index (κ1) is 9.02. The van der Waals surface area contributed by atoms with E-state index >= 15 is 0 Å². The zero-order valence-corrected chi connectivity index (χ0v) is 9.76. The van der Waals surface area contributed by atoms with Crippen LogP contribution in [-0.4, -0.2) is 13.9 Å². The summed E-state index contributed by atoms with van der Waals surface area (Å²) in [4.78, 5) is 10.9. The van der Waals surface area contributed by atoms with Crippen molar-refractivity contribution in [3.05, 3.63) is 0 Å². The molecule has 58 valence electrons. The van der Waals surface area contributed by atoms with Gasteiger partial charge in [-0.05, 0) is 12.8 Å². The molecule has 0 aromatic carbocycles. The summed E-state index contributed by atoms with van der Waals surface area (Å²) < 4.78 is 0.527. The van der Waals surface area contributed by atoms with E-state index in [4.69, 9.17) is 0 Å². The number of alkyl halides is 2. The van der Waals surface area contributed by atoms with Crippen molar-refractivity contribution in [1.29, 1.82) is 0 Å². The Morgan fingerprint density at radius 1 is 1.60 bits per heavy atom. The first-order valence-corrected chi connectivity index (χ1v) is 5.77. The van der Waals surface area contributed by atoms with Gasteiger partial charge in [-0.25, -0.2) is 0 Å². The Kier molecular flexibility index (Phi) is 3.68. The van der Waals surface area contributed by atoms with Crippen molar-refractivity contribution < 1.29 is 4.79 Å². The number of hydrogen-bond donors (Lipinski definition) is 1. The molecule has 1 saturated heterocycles. The second kappa shape index (κ2) is 4.08. The lowest BCUT2D eigenvalue weighted by Gasteiger charge is -2.24. The molecule has 1 amide bonds. The van der Waals surface area contributed by atoms with Crippen LogP contribution in [0.4, 0.5) is 0 Å². The number of carbonyl (C=O) groups excluding carboxylic acids is 1. The van der Waals surface area contributed by atoms with Gasteiger partial charge in [0.05, 0.1) is 1.93 Å². The summed E-state index contributed by atoms with van der Waals surface area (Å²) in [6.45, 7) is 0. The van der Waals surface area contributed by atoms with E-state index in [2.05, 4.69) is 50.5 Å². The van der Waals surface area contributed by atoms with Crippen LogP contribution in [-0.2, 0) is 4.79 Å². The van der Waals surface area contributed by atoms with Gasteiger partial charge in [-0.15, -0.1) is 0 Å². The van der Waals surface area contributed by atoms with Crippen LogP contribution in [0.1, 0.15) is 19.3 Å². The highest BCUT2D eigenvalue weighted by molar-refractivity contribution is 14.2. The molecule has 0 spiro atoms. The van der Waals surface area contributed by atoms with Gasteiger partial charge in [0, 0.05) is 12.5 Å². The fourth-order valence-electron chi connectivity index (χ4n) is 1.02. The third-order valence-electron chi connectivity index (χ3n) is 1.57. The summed E-state index contributed by atoms with van der Waals surface area (Å²) in [7, 11) is 0. The predicted octanol–water partition coefficient (Wildman–Crippen LogP) is 1.85. The standard InChI is InChI=1S/C6H9I2NO/c7-6(8)4-2-1-3-5(10)9-4/h4,6H,1-3H2,(H,9,10). The second-order valence-electron chi connectivity index (χ2n) is 2.40. The van der Waals surface area contributed by atoms with Crippen LogP contribution in [0.15, 0.2) is 0 Å². The molecule has 1 atom stereocenters. The molecule has 0 aliphatic carbocycles. The summed E-state index contributed by atoms with van der Waals surface area (Å²) in [5.41, 5.74) is 0. The van der Waals surface area contributed by atoms with Crippen molar-refractivity contribution in [3.63, 3.8) is 0 Å². The molecule has 1 rings (SSSR count). The normalized spacial score (nSPS) is 26.7. The minimum atomic E-state index is 0.217. The topological polar surface area (TPSA) is 29.1 Å². The van der Waals surface area contributed by atoms with Crippen LogP contribution in [0.5, 0.6) is 0 Å². The van der Waals surface area contributed by atoms with Gasteiger partial charge < -0.3 is 5.32 Å². The van der Waals surface area contributed by atoms with Crippen molar-refractivity contribution in [2.24, 2.45) is 0 Å². The average Bonchev–Trinajstić information content (AvgIpc) is 1.88. The van der Waals surface area contributed by atoms with Crippen LogP contribution >= 0.6 is 45.2 Å². The Morgan fingerprint density at radius 2 is 2.30 bits per heavy atom. The average molecular weight is 365 g/mol. The van der Waals surface area contributed by atoms with Crippen LogP contribution < -0.4 is 5.32 Å². The van der Waals surface area contributed by atoms with E-state index < -0.39 is 0 Å². The van der Waals surface area contributed by atoms with Gasteiger partial charge in [0.1, 0.15) is 0 Å². The zero-order valence-electron chi connectivity index (χ0n) is 5.44. The molecule has 1 aliphatic heterocycles. The molecule has 10 heavy (non-hydrogen) atoms. The molecule has 1 N–H and O–H groups in total. The van der Waals surface area contributed by atoms with Crippen molar-refractivity contribution in [3.8, 4) is 0 Å². The van der Waals surface area contributed by atoms with E-state index in [-0.39, 0.29) is 5.91 Å². The summed E-state index contributed by atoms with van der Waals surface area (Å²) in [6, 6.07) is 0.405. The second-order valence-corrected chi connectivity index (χ2v) is 7.47. The number of piperidine rings is 1. The van der Waals surface area contributed by atoms with Crippen LogP contribution in [0.3, 0.4) is 0 Å². The summed E-state index contributed by atoms with van der Waals surface area (Å²) in [5, 5.41) is 2.96. The van der Waals surface area contributed by atoms with Crippen molar-refractivity contribution >= 4 is 51.1 Å². The SMILES string of the molecule is O=C1CCCC(C(I)I)N1. The highest BCUT2D eigenvalue weighted by atomic mass is 127. The summed E-state index contributed by atoms with van der Waals surface area (Å²) >= 11 is 4.69. The van der Waals surface area contributed by atoms with E-state index in [1.165, 1.54) is 0 Å². The minimum Gasteiger partial charge on any atom is -0.352 e. The van der Waals surface area contributed by atoms with Crippen molar-refractivity contribution in [2.45, 2.75) is 27.2 Å². The smallest absolute Gasteiger partial charge is 0.220 e. The molecular weight excluding hydrogens is 356 g/mol. The molecule has 0 bridgehead atoms. The highest BCUT2D eigenvalue weighted by Gasteiger charge is 2.22. The van der Waals surface area contributed by atoms with Gasteiger partial charge in [-0.2, -0.15) is 0 Å². The molecule has 0 saturated carbocycles. The summed E-state index contributed by atoms with van der Waals surface area (Å²) in [5.74, 6) is 0.217. The third kappa shape index (κ3) is 2.52. The molecule has 1 unspecified atom stereocenters. The van der Waals surface area contributed by atoms with Crippen LogP contribution in [0.25, 0.3) is 0 Å². The van der Waals surface area contributed by atoms with E-state index in [1.807, 2.05) is 0 Å². The maximum atomic E-state index is 10.9. The Labute approximate surface area is 87.8 Å². The van der Waals surface area contributed by atoms with Gasteiger partial charge in [0.15, 0.2) is 0 Å². The predicted molar refractivity (Wildman–Crippen MR) is 57.6 cm³/mol. The van der Waals surface area contributed by atoms with E-state index in [0.717, 1.165) is 19.3 Å². The lowest BCUT2D eigenvalue weighted by Crippen LogP contribution is -2.42. The van der Waals surface area contributed by atoms with Gasteiger partial charge in [-0.1, -0.05) is 45.2 Å². The Hall–Kier alpha value is 0.930. The molecule has 1 heterocycles. The zero-order chi connectivity index (χ0) is 7.56. The van der Waals surface area contributed by atoms with E-state index in [1.54, 1.807) is 0 Å². The largest absolute Gasteiger partial charge is 0.352 e. The van der Waals surface area contributed by atoms with Gasteiger partial charge in [0.2, 0.25) is 5.91 Å². The molecule has 2 nitrogen and oxygen atoms in total. The number of carbonyl (C=O) groups is 1. The number of nitrogens with one attached hydrogen (secondary N) is 1. The summed E-state index contributed by atoms with van der Waals surface area (Å²) in [6.07, 6.45) is 2.91. The fraction of sp³-hybridized carbons (Fsp3) is 0.833. The molecule has 0 radical (unpaired) electrons. The molecule has 4 heteroatoms. The first-order chi connectivity index (χ1) is 4.70. The van der Waals surface area contributed by atoms with E-state index in [0.29, 0.717) is 7.97 Å². The third-order valence-corrected chi connectivity index (χ3v) is 3.31. The van der Waals surface area contributed by atoms with Crippen LogP contribution in [0.2, 0.25) is 0 Å². The molecule has 1 fully saturated rings. The number of halogens is 2. The molecule has 0 aromatic heterocycles. The Morgan fingerprint density at radius 3 is 2.70 bits per heavy atom. The fourth-order valence-corrected chi connectivity index (χ4v) is 2.10. The number of hydrogen-bond acceptors (Lipinski definition) is 1. The highest BCUT2D eigenvalue weighted by Crippen LogP contribution is 2.21. The Bertz CT molecular complexity index is 138. The first-order valence-electron chi connectivity index (χ1n) is 3.27. The quantitative estimate of drug-likeness (QED) is 0.558.